The van der Waals surface area contributed by atoms with Crippen LogP contribution < -0.4 is 5.43 Å². The van der Waals surface area contributed by atoms with Gasteiger partial charge < -0.3 is 34.7 Å². The van der Waals surface area contributed by atoms with E-state index >= 15 is 0 Å². The van der Waals surface area contributed by atoms with Gasteiger partial charge in [0.25, 0.3) is 0 Å². The van der Waals surface area contributed by atoms with Gasteiger partial charge in [0.15, 0.2) is 22.9 Å². The smallest absolute Gasteiger partial charge is 0.303 e. The normalized spacial score (nSPS) is 25.7. The first kappa shape index (κ1) is 25.8. The molecular formula is C31H22O11. The minimum absolute atomic E-state index is 0.0754. The van der Waals surface area contributed by atoms with Gasteiger partial charge in [-0.15, -0.1) is 0 Å². The largest absolute Gasteiger partial charge is 0.507 e. The maximum Gasteiger partial charge on any atom is 0.303 e. The van der Waals surface area contributed by atoms with Crippen molar-refractivity contribution in [1.29, 1.82) is 0 Å². The number of carbonyl (C=O) groups excluding carboxylic acids is 3. The van der Waals surface area contributed by atoms with Crippen molar-refractivity contribution >= 4 is 39.5 Å². The zero-order valence-electron chi connectivity index (χ0n) is 22.1. The van der Waals surface area contributed by atoms with Gasteiger partial charge >= 0.3 is 5.97 Å². The molecule has 5 N–H and O–H groups in total. The number of aryl methyl sites for hydroxylation is 1. The minimum atomic E-state index is -2.84. The lowest BCUT2D eigenvalue weighted by Gasteiger charge is -2.52. The third kappa shape index (κ3) is 2.87. The number of phenolic OH excluding ortho intramolecular Hbond substituents is 4. The lowest BCUT2D eigenvalue weighted by Crippen LogP contribution is -2.66. The van der Waals surface area contributed by atoms with Crippen LogP contribution in [0, 0.1) is 12.3 Å². The van der Waals surface area contributed by atoms with Crippen molar-refractivity contribution in [3.05, 3.63) is 80.5 Å². The zero-order chi connectivity index (χ0) is 30.0. The van der Waals surface area contributed by atoms with Crippen LogP contribution in [0.3, 0.4) is 0 Å². The summed E-state index contributed by atoms with van der Waals surface area (Å²) in [7, 11) is 0. The number of benzene rings is 3. The van der Waals surface area contributed by atoms with Crippen LogP contribution in [0.2, 0.25) is 0 Å². The Morgan fingerprint density at radius 1 is 0.976 bits per heavy atom. The van der Waals surface area contributed by atoms with Crippen LogP contribution in [0.1, 0.15) is 51.6 Å². The van der Waals surface area contributed by atoms with Gasteiger partial charge in [0, 0.05) is 18.1 Å². The Morgan fingerprint density at radius 2 is 1.69 bits per heavy atom. The highest BCUT2D eigenvalue weighted by Gasteiger charge is 2.71. The van der Waals surface area contributed by atoms with Crippen LogP contribution in [-0.4, -0.2) is 48.7 Å². The summed E-state index contributed by atoms with van der Waals surface area (Å²) in [6.45, 7) is 2.79. The molecule has 0 amide bonds. The van der Waals surface area contributed by atoms with Crippen molar-refractivity contribution < 1.29 is 49.1 Å². The first-order valence-electron chi connectivity index (χ1n) is 13.0. The van der Waals surface area contributed by atoms with Gasteiger partial charge in [-0.25, -0.2) is 0 Å². The summed E-state index contributed by atoms with van der Waals surface area (Å²) in [6, 6.07) is 6.62. The number of hydrogen-bond acceptors (Lipinski definition) is 11. The highest BCUT2D eigenvalue weighted by atomic mass is 16.5. The first-order valence-corrected chi connectivity index (χ1v) is 13.0. The van der Waals surface area contributed by atoms with E-state index in [0.717, 1.165) is 13.0 Å². The van der Waals surface area contributed by atoms with Crippen LogP contribution in [0.15, 0.2) is 51.7 Å². The number of aromatic hydroxyl groups is 4. The fourth-order valence-electron chi connectivity index (χ4n) is 7.01. The predicted molar refractivity (Wildman–Crippen MR) is 145 cm³/mol. The molecule has 1 aromatic heterocycles. The van der Waals surface area contributed by atoms with Crippen molar-refractivity contribution in [3.8, 4) is 23.0 Å². The number of esters is 1. The Labute approximate surface area is 235 Å². The van der Waals surface area contributed by atoms with Crippen molar-refractivity contribution in [2.24, 2.45) is 5.41 Å². The van der Waals surface area contributed by atoms with E-state index in [4.69, 9.17) is 9.15 Å². The molecule has 11 nitrogen and oxygen atoms in total. The quantitative estimate of drug-likeness (QED) is 0.0743. The lowest BCUT2D eigenvalue weighted by atomic mass is 9.53. The van der Waals surface area contributed by atoms with Gasteiger partial charge in [-0.2, -0.15) is 0 Å². The van der Waals surface area contributed by atoms with E-state index in [1.807, 2.05) is 0 Å². The van der Waals surface area contributed by atoms with Crippen molar-refractivity contribution in [2.45, 2.75) is 37.9 Å². The van der Waals surface area contributed by atoms with Gasteiger partial charge in [-0.3, -0.25) is 19.2 Å². The van der Waals surface area contributed by atoms with Crippen LogP contribution in [0.4, 0.5) is 0 Å². The average molecular weight is 571 g/mol. The first-order chi connectivity index (χ1) is 19.8. The van der Waals surface area contributed by atoms with Crippen molar-refractivity contribution in [1.82, 2.24) is 0 Å². The molecule has 1 spiro atoms. The zero-order valence-corrected chi connectivity index (χ0v) is 22.1. The van der Waals surface area contributed by atoms with E-state index in [2.05, 4.69) is 0 Å². The Morgan fingerprint density at radius 3 is 2.40 bits per heavy atom. The molecular weight excluding hydrogens is 548 g/mol. The minimum Gasteiger partial charge on any atom is -0.507 e. The number of Topliss-reactive ketones (excluding diaryl/α,β-unsaturated/α-hetero) is 2. The van der Waals surface area contributed by atoms with E-state index < -0.39 is 74.4 Å². The molecule has 1 heterocycles. The highest BCUT2D eigenvalue weighted by Crippen LogP contribution is 2.62. The summed E-state index contributed by atoms with van der Waals surface area (Å²) in [6.07, 6.45) is 1.07. The van der Waals surface area contributed by atoms with Crippen molar-refractivity contribution in [2.75, 3.05) is 0 Å². The number of ketones is 2. The molecule has 0 radical (unpaired) electrons. The Balaban J connectivity index is 1.58. The van der Waals surface area contributed by atoms with Crippen LogP contribution >= 0.6 is 0 Å². The Kier molecular flexibility index (Phi) is 4.90. The molecule has 42 heavy (non-hydrogen) atoms. The SMILES string of the molecule is CC(=O)O[C@H]1c2cc(C)cc(O)c2C(=O)[C@@]2(O)C(=O)[C@H]3C=C[C@@]12Cc1cc2oc4ccc(O)c(O)c4c(=O)c2c(O)c13. The summed E-state index contributed by atoms with van der Waals surface area (Å²) in [5.74, 6) is -6.83. The number of rotatable bonds is 1. The molecule has 2 bridgehead atoms. The van der Waals surface area contributed by atoms with E-state index in [1.165, 1.54) is 36.4 Å². The van der Waals surface area contributed by atoms with E-state index in [-0.39, 0.29) is 45.2 Å². The fourth-order valence-corrected chi connectivity index (χ4v) is 7.01. The lowest BCUT2D eigenvalue weighted by molar-refractivity contribution is -0.172. The van der Waals surface area contributed by atoms with Gasteiger partial charge in [-0.1, -0.05) is 18.2 Å². The molecule has 11 heteroatoms. The highest BCUT2D eigenvalue weighted by molar-refractivity contribution is 6.24. The summed E-state index contributed by atoms with van der Waals surface area (Å²) >= 11 is 0. The van der Waals surface area contributed by atoms with Crippen LogP contribution in [-0.2, 0) is 20.7 Å². The molecule has 0 saturated heterocycles. The van der Waals surface area contributed by atoms with Gasteiger partial charge in [-0.05, 0) is 48.7 Å². The Hall–Kier alpha value is -5.16. The fraction of sp³-hybridized carbons (Fsp3) is 0.226. The third-order valence-electron chi connectivity index (χ3n) is 8.76. The number of ether oxygens (including phenoxy) is 1. The predicted octanol–water partition coefficient (Wildman–Crippen LogP) is 3.07. The average Bonchev–Trinajstić information content (AvgIpc) is 3.13. The third-order valence-corrected chi connectivity index (χ3v) is 8.76. The molecule has 0 fully saturated rings. The van der Waals surface area contributed by atoms with E-state index in [0.29, 0.717) is 5.56 Å². The number of phenols is 4. The van der Waals surface area contributed by atoms with Gasteiger partial charge in [0.05, 0.1) is 16.9 Å². The topological polar surface area (TPSA) is 192 Å². The molecule has 4 aromatic rings. The van der Waals surface area contributed by atoms with E-state index in [9.17, 15) is 44.7 Å². The van der Waals surface area contributed by atoms with Crippen LogP contribution in [0.25, 0.3) is 21.9 Å². The molecule has 4 aliphatic carbocycles. The molecule has 212 valence electrons. The molecule has 0 aliphatic heterocycles. The summed E-state index contributed by atoms with van der Waals surface area (Å²) < 4.78 is 11.6. The second kappa shape index (κ2) is 7.98. The summed E-state index contributed by atoms with van der Waals surface area (Å²) in [5.41, 5.74) is -5.40. The Bertz CT molecular complexity index is 2070. The molecule has 4 atom stereocenters. The monoisotopic (exact) mass is 570 g/mol. The maximum atomic E-state index is 14.2. The molecule has 3 aromatic carbocycles. The summed E-state index contributed by atoms with van der Waals surface area (Å²) in [4.78, 5) is 54.2. The van der Waals surface area contributed by atoms with Crippen molar-refractivity contribution in [3.63, 3.8) is 0 Å². The second-order valence-electron chi connectivity index (χ2n) is 11.1. The van der Waals surface area contributed by atoms with Gasteiger partial charge in [0.1, 0.15) is 39.5 Å². The number of aliphatic hydroxyl groups is 1. The van der Waals surface area contributed by atoms with Gasteiger partial charge in [0.2, 0.25) is 11.2 Å². The molecule has 0 saturated carbocycles. The molecule has 8 rings (SSSR count). The molecule has 0 unspecified atom stereocenters. The summed E-state index contributed by atoms with van der Waals surface area (Å²) in [5, 5.41) is 54.0. The number of hydrogen-bond donors (Lipinski definition) is 5. The van der Waals surface area contributed by atoms with E-state index in [1.54, 1.807) is 6.92 Å². The second-order valence-corrected chi connectivity index (χ2v) is 11.1. The maximum absolute atomic E-state index is 14.2. The number of allylic oxidation sites excluding steroid dienone is 1. The number of fused-ring (bicyclic) bond motifs is 3. The standard InChI is InChI=1S/C31H22O11/c1-11-7-15-21(17(34)8-11)28(39)31(40)27(38)14-5-6-30(31,29(15)41-12(2)32)10-13-9-19-23(25(36)20(13)14)26(37)22-18(42-19)4-3-16(33)24(22)35/h3-9,14,29,33-36,40H,10H2,1-2H3/t14-,29-,30+,31-/m0/s1. The molecule has 4 aliphatic rings. The number of carbonyl (C=O) groups is 3. The van der Waals surface area contributed by atoms with Crippen LogP contribution in [0.5, 0.6) is 23.0 Å².